The van der Waals surface area contributed by atoms with E-state index in [4.69, 9.17) is 5.73 Å². The van der Waals surface area contributed by atoms with Gasteiger partial charge in [-0.3, -0.25) is 0 Å². The van der Waals surface area contributed by atoms with Crippen LogP contribution in [0.3, 0.4) is 0 Å². The zero-order valence-corrected chi connectivity index (χ0v) is 13.2. The number of thioether (sulfide) groups is 1. The molecule has 21 heavy (non-hydrogen) atoms. The molecule has 4 nitrogen and oxygen atoms in total. The van der Waals surface area contributed by atoms with Gasteiger partial charge in [0.2, 0.25) is 10.0 Å². The van der Waals surface area contributed by atoms with E-state index in [-0.39, 0.29) is 17.0 Å². The minimum absolute atomic E-state index is 0.161. The van der Waals surface area contributed by atoms with E-state index in [1.165, 1.54) is 0 Å². The van der Waals surface area contributed by atoms with Crippen LogP contribution in [0.4, 0.5) is 14.5 Å². The molecule has 2 atom stereocenters. The zero-order valence-electron chi connectivity index (χ0n) is 11.6. The molecule has 2 unspecified atom stereocenters. The van der Waals surface area contributed by atoms with E-state index in [0.29, 0.717) is 12.5 Å². The Labute approximate surface area is 127 Å². The summed E-state index contributed by atoms with van der Waals surface area (Å²) in [5.41, 5.74) is 4.95. The van der Waals surface area contributed by atoms with Gasteiger partial charge >= 0.3 is 0 Å². The average Bonchev–Trinajstić information content (AvgIpc) is 2.43. The van der Waals surface area contributed by atoms with Gasteiger partial charge in [0.05, 0.1) is 5.69 Å². The molecule has 0 saturated heterocycles. The third-order valence-corrected chi connectivity index (χ3v) is 6.33. The van der Waals surface area contributed by atoms with Crippen LogP contribution in [-0.4, -0.2) is 26.0 Å². The van der Waals surface area contributed by atoms with Crippen LogP contribution in [0.15, 0.2) is 17.0 Å². The molecule has 1 aromatic carbocycles. The summed E-state index contributed by atoms with van der Waals surface area (Å²) in [6.07, 6.45) is 5.54. The molecule has 3 N–H and O–H groups in total. The summed E-state index contributed by atoms with van der Waals surface area (Å²) in [4.78, 5) is -0.605. The maximum Gasteiger partial charge on any atom is 0.243 e. The number of rotatable bonds is 4. The fraction of sp³-hybridized carbons (Fsp3) is 0.538. The molecule has 1 aliphatic carbocycles. The predicted molar refractivity (Wildman–Crippen MR) is 80.7 cm³/mol. The van der Waals surface area contributed by atoms with Gasteiger partial charge in [-0.15, -0.1) is 0 Å². The van der Waals surface area contributed by atoms with E-state index in [0.717, 1.165) is 25.3 Å². The van der Waals surface area contributed by atoms with E-state index in [2.05, 4.69) is 4.72 Å². The Balaban J connectivity index is 2.28. The summed E-state index contributed by atoms with van der Waals surface area (Å²) in [5.74, 6) is -2.10. The van der Waals surface area contributed by atoms with Crippen molar-refractivity contribution in [3.63, 3.8) is 0 Å². The van der Waals surface area contributed by atoms with Gasteiger partial charge in [0.25, 0.3) is 0 Å². The first-order chi connectivity index (χ1) is 9.85. The first-order valence-corrected chi connectivity index (χ1v) is 9.42. The Bertz CT molecular complexity index is 623. The lowest BCUT2D eigenvalue weighted by atomic mass is 9.96. The van der Waals surface area contributed by atoms with E-state index in [1.54, 1.807) is 11.8 Å². The lowest BCUT2D eigenvalue weighted by Crippen LogP contribution is -2.43. The third-order valence-electron chi connectivity index (χ3n) is 3.65. The monoisotopic (exact) mass is 336 g/mol. The molecule has 1 fully saturated rings. The van der Waals surface area contributed by atoms with Crippen molar-refractivity contribution >= 4 is 27.5 Å². The Morgan fingerprint density at radius 3 is 2.57 bits per heavy atom. The van der Waals surface area contributed by atoms with Crippen LogP contribution in [0.25, 0.3) is 0 Å². The standard InChI is InChI=1S/C13H18F2N2O2S2/c1-20-12-5-3-2-4-11(12)17-21(18,19)13-7-10(16)8(14)6-9(13)15/h6-7,11-12,17H,2-5,16H2,1H3. The summed E-state index contributed by atoms with van der Waals surface area (Å²) < 4.78 is 54.0. The number of hydrogen-bond donors (Lipinski definition) is 2. The molecule has 118 valence electrons. The number of sulfonamides is 1. The quantitative estimate of drug-likeness (QED) is 0.829. The van der Waals surface area contributed by atoms with Crippen molar-refractivity contribution in [1.82, 2.24) is 4.72 Å². The number of nitrogen functional groups attached to an aromatic ring is 1. The van der Waals surface area contributed by atoms with Crippen LogP contribution in [-0.2, 0) is 10.0 Å². The van der Waals surface area contributed by atoms with Gasteiger partial charge in [0.15, 0.2) is 0 Å². The van der Waals surface area contributed by atoms with Gasteiger partial charge in [-0.25, -0.2) is 21.9 Å². The minimum atomic E-state index is -4.06. The molecule has 1 aromatic rings. The molecule has 8 heteroatoms. The van der Waals surface area contributed by atoms with Gasteiger partial charge in [0.1, 0.15) is 16.5 Å². The highest BCUT2D eigenvalue weighted by Gasteiger charge is 2.30. The Morgan fingerprint density at radius 2 is 1.90 bits per heavy atom. The summed E-state index contributed by atoms with van der Waals surface area (Å²) in [6, 6.07) is 1.07. The van der Waals surface area contributed by atoms with Crippen molar-refractivity contribution in [2.75, 3.05) is 12.0 Å². The van der Waals surface area contributed by atoms with Gasteiger partial charge in [0, 0.05) is 17.4 Å². The highest BCUT2D eigenvalue weighted by Crippen LogP contribution is 2.29. The maximum atomic E-state index is 13.7. The second kappa shape index (κ2) is 6.50. The van der Waals surface area contributed by atoms with Gasteiger partial charge in [-0.1, -0.05) is 12.8 Å². The highest BCUT2D eigenvalue weighted by molar-refractivity contribution is 7.99. The van der Waals surface area contributed by atoms with E-state index >= 15 is 0 Å². The topological polar surface area (TPSA) is 72.2 Å². The lowest BCUT2D eigenvalue weighted by Gasteiger charge is -2.30. The number of nitrogens with two attached hydrogens (primary N) is 1. The molecule has 1 saturated carbocycles. The van der Waals surface area contributed by atoms with E-state index in [9.17, 15) is 17.2 Å². The van der Waals surface area contributed by atoms with Gasteiger partial charge < -0.3 is 5.73 Å². The van der Waals surface area contributed by atoms with Crippen LogP contribution in [0.2, 0.25) is 0 Å². The fourth-order valence-corrected chi connectivity index (χ4v) is 4.95. The van der Waals surface area contributed by atoms with Crippen LogP contribution >= 0.6 is 11.8 Å². The van der Waals surface area contributed by atoms with Crippen molar-refractivity contribution in [1.29, 1.82) is 0 Å². The number of hydrogen-bond acceptors (Lipinski definition) is 4. The lowest BCUT2D eigenvalue weighted by molar-refractivity contribution is 0.422. The molecule has 0 spiro atoms. The Morgan fingerprint density at radius 1 is 1.24 bits per heavy atom. The summed E-state index contributed by atoms with van der Waals surface area (Å²) in [6.45, 7) is 0. The fourth-order valence-electron chi connectivity index (χ4n) is 2.53. The average molecular weight is 336 g/mol. The minimum Gasteiger partial charge on any atom is -0.396 e. The number of nitrogens with one attached hydrogen (secondary N) is 1. The number of halogens is 2. The van der Waals surface area contributed by atoms with E-state index in [1.807, 2.05) is 6.26 Å². The van der Waals surface area contributed by atoms with Crippen LogP contribution in [0, 0.1) is 11.6 Å². The van der Waals surface area contributed by atoms with E-state index < -0.39 is 26.6 Å². The van der Waals surface area contributed by atoms with Crippen LogP contribution in [0.5, 0.6) is 0 Å². The second-order valence-corrected chi connectivity index (χ2v) is 7.85. The molecule has 0 aliphatic heterocycles. The number of benzene rings is 1. The second-order valence-electron chi connectivity index (χ2n) is 5.09. The molecule has 2 rings (SSSR count). The highest BCUT2D eigenvalue weighted by atomic mass is 32.2. The maximum absolute atomic E-state index is 13.7. The molecule has 0 heterocycles. The Kier molecular flexibility index (Phi) is 5.11. The van der Waals surface area contributed by atoms with Crippen molar-refractivity contribution < 1.29 is 17.2 Å². The summed E-state index contributed by atoms with van der Waals surface area (Å²) in [5, 5.41) is 0.161. The molecular formula is C13H18F2N2O2S2. The molecule has 0 aromatic heterocycles. The summed E-state index contributed by atoms with van der Waals surface area (Å²) >= 11 is 1.59. The van der Waals surface area contributed by atoms with Crippen molar-refractivity contribution in [3.8, 4) is 0 Å². The van der Waals surface area contributed by atoms with Crippen molar-refractivity contribution in [3.05, 3.63) is 23.8 Å². The Hall–Kier alpha value is -0.860. The van der Waals surface area contributed by atoms with Crippen molar-refractivity contribution in [2.24, 2.45) is 0 Å². The first-order valence-electron chi connectivity index (χ1n) is 6.65. The SMILES string of the molecule is CSC1CCCCC1NS(=O)(=O)c1cc(N)c(F)cc1F. The van der Waals surface area contributed by atoms with Crippen LogP contribution in [0.1, 0.15) is 25.7 Å². The molecule has 0 bridgehead atoms. The third kappa shape index (κ3) is 3.67. The van der Waals surface area contributed by atoms with Crippen molar-refractivity contribution in [2.45, 2.75) is 41.9 Å². The smallest absolute Gasteiger partial charge is 0.243 e. The largest absolute Gasteiger partial charge is 0.396 e. The van der Waals surface area contributed by atoms with Crippen LogP contribution < -0.4 is 10.5 Å². The molecule has 0 amide bonds. The van der Waals surface area contributed by atoms with Gasteiger partial charge in [-0.05, 0) is 25.2 Å². The molecular weight excluding hydrogens is 318 g/mol. The number of anilines is 1. The molecule has 1 aliphatic rings. The predicted octanol–water partition coefficient (Wildman–Crippen LogP) is 2.50. The normalized spacial score (nSPS) is 23.2. The summed E-state index contributed by atoms with van der Waals surface area (Å²) in [7, 11) is -4.06. The first kappa shape index (κ1) is 16.5. The molecule has 0 radical (unpaired) electrons. The zero-order chi connectivity index (χ0) is 15.6. The van der Waals surface area contributed by atoms with Gasteiger partial charge in [-0.2, -0.15) is 11.8 Å².